The lowest BCUT2D eigenvalue weighted by molar-refractivity contribution is 0.578. The van der Waals surface area contributed by atoms with Crippen molar-refractivity contribution in [3.63, 3.8) is 0 Å². The van der Waals surface area contributed by atoms with E-state index in [0.29, 0.717) is 0 Å². The summed E-state index contributed by atoms with van der Waals surface area (Å²) < 4.78 is 17.3. The van der Waals surface area contributed by atoms with Gasteiger partial charge in [-0.15, -0.1) is 0 Å². The average Bonchev–Trinajstić information content (AvgIpc) is 1.35. The summed E-state index contributed by atoms with van der Waals surface area (Å²) in [4.78, 5) is 0. The van der Waals surface area contributed by atoms with Crippen molar-refractivity contribution in [1.29, 1.82) is 0 Å². The first kappa shape index (κ1) is 5.58. The second-order valence-electron chi connectivity index (χ2n) is 0.531. The quantitative estimate of drug-likeness (QED) is 0.150. The number of hydrogen-bond donors (Lipinski definition) is 2. The van der Waals surface area contributed by atoms with Crippen LogP contribution in [-0.2, 0) is 11.1 Å². The van der Waals surface area contributed by atoms with Crippen molar-refractivity contribution in [3.8, 4) is 0 Å². The molecule has 0 aliphatic heterocycles. The number of rotatable bonds is 1. The van der Waals surface area contributed by atoms with Crippen LogP contribution in [0.15, 0.2) is 5.10 Å². The molecule has 0 aliphatic carbocycles. The summed E-state index contributed by atoms with van der Waals surface area (Å²) in [7, 11) is 0. The van der Waals surface area contributed by atoms with Crippen LogP contribution in [0.3, 0.4) is 0 Å². The predicted molar refractivity (Wildman–Crippen MR) is 23.5 cm³/mol. The van der Waals surface area contributed by atoms with Crippen molar-refractivity contribution < 1.29 is 8.76 Å². The van der Waals surface area contributed by atoms with Crippen molar-refractivity contribution in [3.05, 3.63) is 0 Å². The molecule has 3 N–H and O–H groups in total. The fourth-order valence-corrected chi connectivity index (χ4v) is 0.156. The Hall–Kier alpha value is -0.420. The second kappa shape index (κ2) is 2.80. The number of nitrogens with two attached hydrogens (primary N) is 1. The molecule has 0 spiro atoms. The highest BCUT2D eigenvalue weighted by Gasteiger charge is 1.74. The Morgan fingerprint density at radius 3 is 2.50 bits per heavy atom. The zero-order valence-electron chi connectivity index (χ0n) is 2.87. The smallest absolute Gasteiger partial charge is 0.199 e. The van der Waals surface area contributed by atoms with Gasteiger partial charge < -0.3 is 10.4 Å². The van der Waals surface area contributed by atoms with Gasteiger partial charge in [-0.3, -0.25) is 0 Å². The van der Waals surface area contributed by atoms with Gasteiger partial charge in [0.05, 0.1) is 0 Å². The van der Waals surface area contributed by atoms with Crippen LogP contribution in [0, 0.1) is 0 Å². The monoisotopic (exact) mass is 108 g/mol. The van der Waals surface area contributed by atoms with Gasteiger partial charge in [0.2, 0.25) is 0 Å². The molecule has 5 heteroatoms. The van der Waals surface area contributed by atoms with Gasteiger partial charge in [0.1, 0.15) is 5.55 Å². The standard InChI is InChI=1S/CH4N2O2S/c2-3-1-6(4)5/h1H,2H2,(H,4,5). The van der Waals surface area contributed by atoms with E-state index < -0.39 is 11.1 Å². The van der Waals surface area contributed by atoms with Gasteiger partial charge >= 0.3 is 0 Å². The van der Waals surface area contributed by atoms with Crippen molar-refractivity contribution in [1.82, 2.24) is 0 Å². The van der Waals surface area contributed by atoms with Gasteiger partial charge in [-0.05, 0) is 0 Å². The van der Waals surface area contributed by atoms with Gasteiger partial charge in [-0.25, -0.2) is 4.21 Å². The topological polar surface area (TPSA) is 75.7 Å². The van der Waals surface area contributed by atoms with Crippen LogP contribution in [0.5, 0.6) is 0 Å². The SMILES string of the molecule is NN=CS(=O)O. The van der Waals surface area contributed by atoms with Crippen LogP contribution < -0.4 is 5.84 Å². The first-order valence-electron chi connectivity index (χ1n) is 1.10. The van der Waals surface area contributed by atoms with E-state index in [9.17, 15) is 4.21 Å². The molecule has 0 saturated carbocycles. The number of nitrogens with zero attached hydrogens (tertiary/aromatic N) is 1. The van der Waals surface area contributed by atoms with Crippen LogP contribution >= 0.6 is 0 Å². The van der Waals surface area contributed by atoms with E-state index in [1.807, 2.05) is 0 Å². The molecule has 36 valence electrons. The second-order valence-corrected chi connectivity index (χ2v) is 1.29. The maximum absolute atomic E-state index is 9.48. The van der Waals surface area contributed by atoms with Crippen molar-refractivity contribution in [2.45, 2.75) is 0 Å². The molecular formula is CH4N2O2S. The molecule has 0 aromatic heterocycles. The summed E-state index contributed by atoms with van der Waals surface area (Å²) in [5, 5.41) is 2.76. The lowest BCUT2D eigenvalue weighted by atomic mass is 11.7. The Morgan fingerprint density at radius 1 is 2.00 bits per heavy atom. The maximum atomic E-state index is 9.48. The Morgan fingerprint density at radius 2 is 2.50 bits per heavy atom. The zero-order chi connectivity index (χ0) is 4.99. The molecule has 0 bridgehead atoms. The van der Waals surface area contributed by atoms with E-state index in [1.165, 1.54) is 0 Å². The third-order valence-corrected chi connectivity index (χ3v) is 0.453. The summed E-state index contributed by atoms with van der Waals surface area (Å²) in [6.45, 7) is 0. The van der Waals surface area contributed by atoms with Crippen LogP contribution in [-0.4, -0.2) is 14.3 Å². The van der Waals surface area contributed by atoms with Gasteiger partial charge in [0.25, 0.3) is 0 Å². The van der Waals surface area contributed by atoms with E-state index in [0.717, 1.165) is 5.55 Å². The van der Waals surface area contributed by atoms with E-state index in [4.69, 9.17) is 4.55 Å². The molecule has 0 heterocycles. The highest BCUT2D eigenvalue weighted by atomic mass is 32.2. The Labute approximate surface area is 37.3 Å². The first-order valence-corrected chi connectivity index (χ1v) is 2.27. The van der Waals surface area contributed by atoms with E-state index in [-0.39, 0.29) is 0 Å². The fourth-order valence-electron chi connectivity index (χ4n) is 0.0521. The molecule has 0 aromatic carbocycles. The lowest BCUT2D eigenvalue weighted by Gasteiger charge is -1.69. The molecule has 0 saturated heterocycles. The molecule has 1 unspecified atom stereocenters. The molecule has 6 heavy (non-hydrogen) atoms. The third-order valence-electron chi connectivity index (χ3n) is 0.151. The summed E-state index contributed by atoms with van der Waals surface area (Å²) in [6, 6.07) is 0. The van der Waals surface area contributed by atoms with Crippen LogP contribution in [0.4, 0.5) is 0 Å². The number of hydrogen-bond acceptors (Lipinski definition) is 3. The molecule has 4 nitrogen and oxygen atoms in total. The number of hydrazone groups is 1. The predicted octanol–water partition coefficient (Wildman–Crippen LogP) is -0.890. The van der Waals surface area contributed by atoms with Gasteiger partial charge in [0, 0.05) is 0 Å². The van der Waals surface area contributed by atoms with Crippen molar-refractivity contribution >= 4 is 16.6 Å². The third kappa shape index (κ3) is 3.58. The van der Waals surface area contributed by atoms with E-state index in [1.54, 1.807) is 0 Å². The Balaban J connectivity index is 3.30. The lowest BCUT2D eigenvalue weighted by Crippen LogP contribution is -1.89. The summed E-state index contributed by atoms with van der Waals surface area (Å²) in [5.41, 5.74) is 0.722. The molecule has 0 radical (unpaired) electrons. The van der Waals surface area contributed by atoms with Crippen LogP contribution in [0.25, 0.3) is 0 Å². The Kier molecular flexibility index (Phi) is 2.60. The largest absolute Gasteiger partial charge is 0.323 e. The molecule has 1 atom stereocenters. The van der Waals surface area contributed by atoms with Gasteiger partial charge in [-0.1, -0.05) is 0 Å². The molecule has 0 amide bonds. The maximum Gasteiger partial charge on any atom is 0.199 e. The highest BCUT2D eigenvalue weighted by Crippen LogP contribution is 1.56. The normalized spacial score (nSPS) is 15.5. The van der Waals surface area contributed by atoms with Crippen LogP contribution in [0.1, 0.15) is 0 Å². The minimum Gasteiger partial charge on any atom is -0.323 e. The molecule has 0 aromatic rings. The van der Waals surface area contributed by atoms with Crippen LogP contribution in [0.2, 0.25) is 0 Å². The summed E-state index contributed by atoms with van der Waals surface area (Å²) in [5.74, 6) is 4.45. The molecule has 0 fully saturated rings. The zero-order valence-corrected chi connectivity index (χ0v) is 3.68. The minimum atomic E-state index is -1.98. The molecular weight excluding hydrogens is 104 g/mol. The van der Waals surface area contributed by atoms with Crippen molar-refractivity contribution in [2.24, 2.45) is 10.9 Å². The van der Waals surface area contributed by atoms with Gasteiger partial charge in [-0.2, -0.15) is 5.10 Å². The average molecular weight is 108 g/mol. The minimum absolute atomic E-state index is 0.722. The molecule has 0 rings (SSSR count). The molecule has 0 aliphatic rings. The van der Waals surface area contributed by atoms with Gasteiger partial charge in [0.15, 0.2) is 11.1 Å². The first-order chi connectivity index (χ1) is 2.77. The summed E-state index contributed by atoms with van der Waals surface area (Å²) >= 11 is -1.98. The summed E-state index contributed by atoms with van der Waals surface area (Å²) in [6.07, 6.45) is 0. The highest BCUT2D eigenvalue weighted by molar-refractivity contribution is 7.93. The van der Waals surface area contributed by atoms with Crippen molar-refractivity contribution in [2.75, 3.05) is 0 Å². The van der Waals surface area contributed by atoms with E-state index in [2.05, 4.69) is 10.9 Å². The fraction of sp³-hybridized carbons (Fsp3) is 0. The van der Waals surface area contributed by atoms with E-state index >= 15 is 0 Å². The Bertz CT molecular complexity index is 79.6.